The number of aromatic nitrogens is 1. The lowest BCUT2D eigenvalue weighted by molar-refractivity contribution is 0.0700. The summed E-state index contributed by atoms with van der Waals surface area (Å²) in [6, 6.07) is 19.3. The molecule has 5 heteroatoms. The lowest BCUT2D eigenvalue weighted by Crippen LogP contribution is -2.02. The molecule has 0 spiro atoms. The largest absolute Gasteiger partial charge is 0.493 e. The molecule has 5 nitrogen and oxygen atoms in total. The van der Waals surface area contributed by atoms with Crippen molar-refractivity contribution in [2.75, 3.05) is 13.2 Å². The second-order valence-corrected chi connectivity index (χ2v) is 6.79. The van der Waals surface area contributed by atoms with Gasteiger partial charge in [-0.2, -0.15) is 0 Å². The highest BCUT2D eigenvalue weighted by Crippen LogP contribution is 2.43. The zero-order chi connectivity index (χ0) is 21.1. The van der Waals surface area contributed by atoms with Gasteiger partial charge in [0.15, 0.2) is 0 Å². The van der Waals surface area contributed by atoms with Gasteiger partial charge in [-0.15, -0.1) is 0 Å². The predicted molar refractivity (Wildman–Crippen MR) is 118 cm³/mol. The van der Waals surface area contributed by atoms with Crippen molar-refractivity contribution in [2.24, 2.45) is 0 Å². The van der Waals surface area contributed by atoms with Crippen LogP contribution in [0, 0.1) is 0 Å². The van der Waals surface area contributed by atoms with Gasteiger partial charge in [0.1, 0.15) is 11.5 Å². The van der Waals surface area contributed by atoms with Crippen LogP contribution >= 0.6 is 0 Å². The van der Waals surface area contributed by atoms with Crippen LogP contribution in [0.25, 0.3) is 27.8 Å². The van der Waals surface area contributed by atoms with E-state index in [0.717, 1.165) is 11.1 Å². The zero-order valence-electron chi connectivity index (χ0n) is 17.0. The molecule has 0 aliphatic carbocycles. The standard InChI is InChI=1S/C25H23NO4/c1-3-29-22-15-19(20-16-26-13-9-8-12-21(26)24(20)25(27)28)23(30-4-2)14-18(22)17-10-6-5-7-11-17/h5-16H,3-4H2,1-2H3,(H,27,28). The molecular weight excluding hydrogens is 378 g/mol. The van der Waals surface area contributed by atoms with Crippen molar-refractivity contribution in [3.63, 3.8) is 0 Å². The van der Waals surface area contributed by atoms with Crippen molar-refractivity contribution in [2.45, 2.75) is 13.8 Å². The van der Waals surface area contributed by atoms with Gasteiger partial charge in [0.25, 0.3) is 0 Å². The van der Waals surface area contributed by atoms with E-state index in [1.165, 1.54) is 0 Å². The highest BCUT2D eigenvalue weighted by Gasteiger charge is 2.23. The molecule has 0 saturated carbocycles. The first kappa shape index (κ1) is 19.6. The topological polar surface area (TPSA) is 60.2 Å². The van der Waals surface area contributed by atoms with Crippen molar-refractivity contribution in [1.82, 2.24) is 4.40 Å². The van der Waals surface area contributed by atoms with Crippen LogP contribution in [0.15, 0.2) is 73.1 Å². The maximum absolute atomic E-state index is 12.2. The minimum atomic E-state index is -0.980. The molecule has 1 N–H and O–H groups in total. The summed E-state index contributed by atoms with van der Waals surface area (Å²) in [7, 11) is 0. The second-order valence-electron chi connectivity index (χ2n) is 6.79. The Labute approximate surface area is 175 Å². The van der Waals surface area contributed by atoms with Crippen LogP contribution in [0.2, 0.25) is 0 Å². The Balaban J connectivity index is 2.01. The van der Waals surface area contributed by atoms with E-state index in [2.05, 4.69) is 0 Å². The number of benzene rings is 2. The quantitative estimate of drug-likeness (QED) is 0.427. The number of rotatable bonds is 7. The summed E-state index contributed by atoms with van der Waals surface area (Å²) in [4.78, 5) is 12.2. The van der Waals surface area contributed by atoms with Crippen LogP contribution in [0.1, 0.15) is 24.2 Å². The first-order chi connectivity index (χ1) is 14.6. The molecule has 0 saturated heterocycles. The Bertz CT molecular complexity index is 1190. The number of nitrogens with zero attached hydrogens (tertiary/aromatic N) is 1. The molecular formula is C25H23NO4. The molecule has 2 aromatic carbocycles. The zero-order valence-corrected chi connectivity index (χ0v) is 17.0. The Morgan fingerprint density at radius 2 is 1.50 bits per heavy atom. The Hall–Kier alpha value is -3.73. The van der Waals surface area contributed by atoms with E-state index in [0.29, 0.717) is 41.4 Å². The molecule has 4 rings (SSSR count). The molecule has 30 heavy (non-hydrogen) atoms. The summed E-state index contributed by atoms with van der Waals surface area (Å²) in [6.07, 6.45) is 3.67. The van der Waals surface area contributed by atoms with Gasteiger partial charge >= 0.3 is 5.97 Å². The van der Waals surface area contributed by atoms with Gasteiger partial charge in [-0.25, -0.2) is 4.79 Å². The molecule has 0 atom stereocenters. The molecule has 0 unspecified atom stereocenters. The van der Waals surface area contributed by atoms with Crippen LogP contribution in [0.5, 0.6) is 11.5 Å². The number of carboxylic acids is 1. The van der Waals surface area contributed by atoms with Crippen LogP contribution in [0.4, 0.5) is 0 Å². The predicted octanol–water partition coefficient (Wildman–Crippen LogP) is 5.77. The average Bonchev–Trinajstić information content (AvgIpc) is 3.15. The first-order valence-corrected chi connectivity index (χ1v) is 9.96. The fraction of sp³-hybridized carbons (Fsp3) is 0.160. The molecule has 0 aliphatic rings. The van der Waals surface area contributed by atoms with Gasteiger partial charge in [-0.3, -0.25) is 0 Å². The molecule has 0 aliphatic heterocycles. The van der Waals surface area contributed by atoms with E-state index in [-0.39, 0.29) is 5.56 Å². The normalized spacial score (nSPS) is 10.9. The highest BCUT2D eigenvalue weighted by atomic mass is 16.5. The van der Waals surface area contributed by atoms with E-state index >= 15 is 0 Å². The lowest BCUT2D eigenvalue weighted by atomic mass is 9.97. The summed E-state index contributed by atoms with van der Waals surface area (Å²) < 4.78 is 13.7. The van der Waals surface area contributed by atoms with E-state index < -0.39 is 5.97 Å². The van der Waals surface area contributed by atoms with E-state index in [1.807, 2.05) is 85.2 Å². The number of aromatic carboxylic acids is 1. The Kier molecular flexibility index (Phi) is 5.44. The number of carboxylic acid groups (broad SMARTS) is 1. The van der Waals surface area contributed by atoms with E-state index in [9.17, 15) is 9.90 Å². The molecule has 0 amide bonds. The maximum atomic E-state index is 12.2. The third-order valence-corrected chi connectivity index (χ3v) is 4.95. The van der Waals surface area contributed by atoms with Crippen molar-refractivity contribution < 1.29 is 19.4 Å². The van der Waals surface area contributed by atoms with Gasteiger partial charge in [0.2, 0.25) is 0 Å². The van der Waals surface area contributed by atoms with Crippen LogP contribution in [-0.4, -0.2) is 28.7 Å². The van der Waals surface area contributed by atoms with Gasteiger partial charge in [-0.05, 0) is 43.7 Å². The number of hydrogen-bond donors (Lipinski definition) is 1. The fourth-order valence-electron chi connectivity index (χ4n) is 3.71. The average molecular weight is 401 g/mol. The SMILES string of the molecule is CCOc1cc(-c2cn3ccccc3c2C(=O)O)c(OCC)cc1-c1ccccc1. The summed E-state index contributed by atoms with van der Waals surface area (Å²) in [5.41, 5.74) is 4.08. The van der Waals surface area contributed by atoms with Gasteiger partial charge < -0.3 is 19.0 Å². The van der Waals surface area contributed by atoms with Crippen molar-refractivity contribution in [3.05, 3.63) is 78.6 Å². The smallest absolute Gasteiger partial charge is 0.338 e. The fourth-order valence-corrected chi connectivity index (χ4v) is 3.71. The third-order valence-electron chi connectivity index (χ3n) is 4.95. The van der Waals surface area contributed by atoms with E-state index in [1.54, 1.807) is 6.07 Å². The van der Waals surface area contributed by atoms with Gasteiger partial charge in [0, 0.05) is 29.1 Å². The minimum absolute atomic E-state index is 0.242. The molecule has 4 aromatic rings. The lowest BCUT2D eigenvalue weighted by Gasteiger charge is -2.17. The monoisotopic (exact) mass is 401 g/mol. The molecule has 0 fully saturated rings. The van der Waals surface area contributed by atoms with E-state index in [4.69, 9.17) is 9.47 Å². The van der Waals surface area contributed by atoms with Crippen molar-refractivity contribution in [1.29, 1.82) is 0 Å². The minimum Gasteiger partial charge on any atom is -0.493 e. The molecule has 0 bridgehead atoms. The van der Waals surface area contributed by atoms with Gasteiger partial charge in [0.05, 0.1) is 24.3 Å². The maximum Gasteiger partial charge on any atom is 0.338 e. The molecule has 0 radical (unpaired) electrons. The third kappa shape index (κ3) is 3.50. The van der Waals surface area contributed by atoms with Crippen LogP contribution in [0.3, 0.4) is 0 Å². The van der Waals surface area contributed by atoms with Crippen LogP contribution in [-0.2, 0) is 0 Å². The second kappa shape index (κ2) is 8.33. The summed E-state index contributed by atoms with van der Waals surface area (Å²) >= 11 is 0. The number of fused-ring (bicyclic) bond motifs is 1. The van der Waals surface area contributed by atoms with Crippen molar-refractivity contribution in [3.8, 4) is 33.8 Å². The first-order valence-electron chi connectivity index (χ1n) is 9.96. The molecule has 2 heterocycles. The van der Waals surface area contributed by atoms with Crippen molar-refractivity contribution >= 4 is 11.5 Å². The number of pyridine rings is 1. The number of hydrogen-bond acceptors (Lipinski definition) is 3. The number of ether oxygens (including phenoxy) is 2. The summed E-state index contributed by atoms with van der Waals surface area (Å²) in [5, 5.41) is 9.95. The van der Waals surface area contributed by atoms with Crippen LogP contribution < -0.4 is 9.47 Å². The molecule has 2 aromatic heterocycles. The Morgan fingerprint density at radius 3 is 2.17 bits per heavy atom. The summed E-state index contributed by atoms with van der Waals surface area (Å²) in [6.45, 7) is 4.80. The molecule has 152 valence electrons. The highest BCUT2D eigenvalue weighted by molar-refractivity contribution is 6.04. The Morgan fingerprint density at radius 1 is 0.867 bits per heavy atom. The van der Waals surface area contributed by atoms with Gasteiger partial charge in [-0.1, -0.05) is 36.4 Å². The number of carbonyl (C=O) groups is 1. The summed E-state index contributed by atoms with van der Waals surface area (Å²) in [5.74, 6) is 0.332.